The van der Waals surface area contributed by atoms with Crippen LogP contribution >= 0.6 is 0 Å². The summed E-state index contributed by atoms with van der Waals surface area (Å²) in [4.78, 5) is 31.0. The molecule has 1 saturated heterocycles. The van der Waals surface area contributed by atoms with Crippen molar-refractivity contribution in [2.45, 2.75) is 20.0 Å². The summed E-state index contributed by atoms with van der Waals surface area (Å²) in [5, 5.41) is 0.867. The van der Waals surface area contributed by atoms with Gasteiger partial charge in [-0.05, 0) is 49.7 Å². The summed E-state index contributed by atoms with van der Waals surface area (Å²) in [5.74, 6) is 1.15. The number of methoxy groups -OCH3 is 1. The third-order valence-corrected chi connectivity index (χ3v) is 5.56. The molecule has 7 heteroatoms. The summed E-state index contributed by atoms with van der Waals surface area (Å²) in [6, 6.07) is 14.7. The topological polar surface area (TPSA) is 78.0 Å². The molecule has 1 aliphatic heterocycles. The van der Waals surface area contributed by atoms with Crippen LogP contribution in [0.15, 0.2) is 48.5 Å². The molecule has 1 aromatic heterocycles. The second-order valence-electron chi connectivity index (χ2n) is 7.81. The zero-order valence-electron chi connectivity index (χ0n) is 18.5. The summed E-state index contributed by atoms with van der Waals surface area (Å²) in [6.45, 7) is 5.04. The molecule has 0 N–H and O–H groups in total. The number of carbonyl (C=O) groups is 2. The summed E-state index contributed by atoms with van der Waals surface area (Å²) < 4.78 is 17.2. The first-order chi connectivity index (χ1) is 15.5. The molecule has 1 aliphatic rings. The van der Waals surface area contributed by atoms with Gasteiger partial charge in [-0.25, -0.2) is 4.98 Å². The minimum atomic E-state index is -0.261. The molecule has 1 atom stereocenters. The molecule has 166 valence electrons. The maximum atomic E-state index is 13.2. The number of hydrogen-bond acceptors (Lipinski definition) is 6. The normalized spacial score (nSPS) is 16.1. The van der Waals surface area contributed by atoms with Crippen LogP contribution in [0.4, 0.5) is 0 Å². The highest BCUT2D eigenvalue weighted by Gasteiger charge is 2.27. The van der Waals surface area contributed by atoms with Crippen LogP contribution in [0.2, 0.25) is 0 Å². The van der Waals surface area contributed by atoms with Crippen LogP contribution in [0.25, 0.3) is 10.9 Å². The lowest BCUT2D eigenvalue weighted by molar-refractivity contribution is -0.0402. The van der Waals surface area contributed by atoms with E-state index < -0.39 is 0 Å². The molecule has 1 unspecified atom stereocenters. The van der Waals surface area contributed by atoms with Gasteiger partial charge >= 0.3 is 0 Å². The fourth-order valence-electron chi connectivity index (χ4n) is 3.90. The number of benzene rings is 2. The number of ketones is 1. The van der Waals surface area contributed by atoms with E-state index in [4.69, 9.17) is 14.2 Å². The van der Waals surface area contributed by atoms with Gasteiger partial charge in [0.1, 0.15) is 29.9 Å². The lowest BCUT2D eigenvalue weighted by Crippen LogP contribution is -2.47. The smallest absolute Gasteiger partial charge is 0.272 e. The highest BCUT2D eigenvalue weighted by Crippen LogP contribution is 2.26. The van der Waals surface area contributed by atoms with E-state index >= 15 is 0 Å². The van der Waals surface area contributed by atoms with Gasteiger partial charge in [0.2, 0.25) is 0 Å². The van der Waals surface area contributed by atoms with Crippen LogP contribution in [0.1, 0.15) is 33.3 Å². The summed E-state index contributed by atoms with van der Waals surface area (Å²) in [6.07, 6.45) is -0.261. The third kappa shape index (κ3) is 4.57. The molecule has 0 aliphatic carbocycles. The molecule has 3 aromatic rings. The van der Waals surface area contributed by atoms with Crippen molar-refractivity contribution in [3.05, 3.63) is 65.4 Å². The van der Waals surface area contributed by atoms with Gasteiger partial charge < -0.3 is 19.1 Å². The minimum Gasteiger partial charge on any atom is -0.496 e. The first kappa shape index (κ1) is 21.8. The van der Waals surface area contributed by atoms with Gasteiger partial charge in [-0.3, -0.25) is 9.59 Å². The van der Waals surface area contributed by atoms with Gasteiger partial charge in [0.15, 0.2) is 5.78 Å². The zero-order chi connectivity index (χ0) is 22.7. The van der Waals surface area contributed by atoms with E-state index in [-0.39, 0.29) is 17.8 Å². The molecule has 0 saturated carbocycles. The molecule has 1 fully saturated rings. The van der Waals surface area contributed by atoms with Gasteiger partial charge in [-0.1, -0.05) is 12.1 Å². The van der Waals surface area contributed by atoms with Crippen LogP contribution in [0.3, 0.4) is 0 Å². The van der Waals surface area contributed by atoms with Crippen molar-refractivity contribution in [2.75, 3.05) is 33.4 Å². The van der Waals surface area contributed by atoms with Crippen molar-refractivity contribution < 1.29 is 23.8 Å². The van der Waals surface area contributed by atoms with Gasteiger partial charge in [-0.15, -0.1) is 0 Å². The SMILES string of the molecule is COc1cc(C(=O)N2CCOC(COc3ccc(C(C)=O)c(C)c3)C2)nc2ccccc12. The van der Waals surface area contributed by atoms with Crippen molar-refractivity contribution in [1.29, 1.82) is 0 Å². The molecular weight excluding hydrogens is 408 g/mol. The minimum absolute atomic E-state index is 0.0257. The molecule has 4 rings (SSSR count). The number of rotatable bonds is 6. The first-order valence-corrected chi connectivity index (χ1v) is 10.6. The molecule has 2 heterocycles. The first-order valence-electron chi connectivity index (χ1n) is 10.6. The number of pyridine rings is 1. The number of ether oxygens (including phenoxy) is 3. The van der Waals surface area contributed by atoms with E-state index in [1.165, 1.54) is 0 Å². The van der Waals surface area contributed by atoms with Crippen LogP contribution in [-0.2, 0) is 4.74 Å². The second-order valence-corrected chi connectivity index (χ2v) is 7.81. The molecule has 7 nitrogen and oxygen atoms in total. The Labute approximate surface area is 186 Å². The van der Waals surface area contributed by atoms with E-state index in [2.05, 4.69) is 4.98 Å². The Morgan fingerprint density at radius 1 is 1.19 bits per heavy atom. The molecule has 32 heavy (non-hydrogen) atoms. The number of nitrogens with zero attached hydrogens (tertiary/aromatic N) is 2. The summed E-state index contributed by atoms with van der Waals surface area (Å²) >= 11 is 0. The van der Waals surface area contributed by atoms with Crippen molar-refractivity contribution in [2.24, 2.45) is 0 Å². The number of para-hydroxylation sites is 1. The number of hydrogen-bond donors (Lipinski definition) is 0. The third-order valence-electron chi connectivity index (χ3n) is 5.56. The fraction of sp³-hybridized carbons (Fsp3) is 0.320. The molecular formula is C25H26N2O5. The summed E-state index contributed by atoms with van der Waals surface area (Å²) in [5.41, 5.74) is 2.61. The molecule has 2 aromatic carbocycles. The number of carbonyl (C=O) groups excluding carboxylic acids is 2. The fourth-order valence-corrected chi connectivity index (χ4v) is 3.90. The number of amides is 1. The molecule has 0 radical (unpaired) electrons. The lowest BCUT2D eigenvalue weighted by Gasteiger charge is -2.32. The number of Topliss-reactive ketones (excluding diaryl/α,β-unsaturated/α-hetero) is 1. The Morgan fingerprint density at radius 3 is 2.75 bits per heavy atom. The number of aryl methyl sites for hydroxylation is 1. The van der Waals surface area contributed by atoms with Crippen LogP contribution in [-0.4, -0.2) is 61.1 Å². The molecule has 1 amide bonds. The van der Waals surface area contributed by atoms with E-state index in [0.29, 0.717) is 54.6 Å². The quantitative estimate of drug-likeness (QED) is 0.551. The van der Waals surface area contributed by atoms with Gasteiger partial charge in [0, 0.05) is 23.6 Å². The average molecular weight is 434 g/mol. The Bertz CT molecular complexity index is 1160. The Kier molecular flexibility index (Phi) is 6.37. The standard InChI is InChI=1S/C25H26N2O5/c1-16-12-18(8-9-20(16)17(2)28)32-15-19-14-27(10-11-31-19)25(29)23-13-24(30-3)21-6-4-5-7-22(21)26-23/h4-9,12-13,19H,10-11,14-15H2,1-3H3. The molecule has 0 spiro atoms. The number of morpholine rings is 1. The van der Waals surface area contributed by atoms with E-state index in [0.717, 1.165) is 10.9 Å². The lowest BCUT2D eigenvalue weighted by atomic mass is 10.1. The number of fused-ring (bicyclic) bond motifs is 1. The van der Waals surface area contributed by atoms with Crippen LogP contribution in [0, 0.1) is 6.92 Å². The maximum absolute atomic E-state index is 13.2. The van der Waals surface area contributed by atoms with E-state index in [9.17, 15) is 9.59 Å². The largest absolute Gasteiger partial charge is 0.496 e. The molecule has 0 bridgehead atoms. The Balaban J connectivity index is 1.44. The highest BCUT2D eigenvalue weighted by atomic mass is 16.5. The van der Waals surface area contributed by atoms with Crippen molar-refractivity contribution in [3.63, 3.8) is 0 Å². The highest BCUT2D eigenvalue weighted by molar-refractivity contribution is 5.97. The second kappa shape index (κ2) is 9.36. The number of aromatic nitrogens is 1. The maximum Gasteiger partial charge on any atom is 0.272 e. The van der Waals surface area contributed by atoms with Gasteiger partial charge in [0.05, 0.1) is 25.8 Å². The Hall–Kier alpha value is -3.45. The monoisotopic (exact) mass is 434 g/mol. The van der Waals surface area contributed by atoms with Crippen LogP contribution < -0.4 is 9.47 Å². The van der Waals surface area contributed by atoms with Gasteiger partial charge in [0.25, 0.3) is 5.91 Å². The van der Waals surface area contributed by atoms with Crippen LogP contribution in [0.5, 0.6) is 11.5 Å². The predicted molar refractivity (Wildman–Crippen MR) is 121 cm³/mol. The van der Waals surface area contributed by atoms with Crippen molar-refractivity contribution in [1.82, 2.24) is 9.88 Å². The van der Waals surface area contributed by atoms with E-state index in [1.807, 2.05) is 37.3 Å². The Morgan fingerprint density at radius 2 is 2.00 bits per heavy atom. The van der Waals surface area contributed by atoms with Gasteiger partial charge in [-0.2, -0.15) is 0 Å². The van der Waals surface area contributed by atoms with Crippen molar-refractivity contribution >= 4 is 22.6 Å². The van der Waals surface area contributed by atoms with Crippen molar-refractivity contribution in [3.8, 4) is 11.5 Å². The zero-order valence-corrected chi connectivity index (χ0v) is 18.5. The summed E-state index contributed by atoms with van der Waals surface area (Å²) in [7, 11) is 1.59. The average Bonchev–Trinajstić information content (AvgIpc) is 2.81. The predicted octanol–water partition coefficient (Wildman–Crippen LogP) is 3.67. The van der Waals surface area contributed by atoms with E-state index in [1.54, 1.807) is 37.1 Å².